The zero-order valence-corrected chi connectivity index (χ0v) is 10.1. The van der Waals surface area contributed by atoms with Gasteiger partial charge >= 0.3 is 5.97 Å². The molecule has 4 heteroatoms. The van der Waals surface area contributed by atoms with Crippen LogP contribution in [-0.4, -0.2) is 36.6 Å². The SMILES string of the molecule is CCC(=O)OC1CC2CCCN(C2)C1.Cl. The largest absolute Gasteiger partial charge is 0.461 e. The molecule has 2 saturated heterocycles. The van der Waals surface area contributed by atoms with Crippen LogP contribution in [0.15, 0.2) is 0 Å². The van der Waals surface area contributed by atoms with E-state index in [0.29, 0.717) is 6.42 Å². The summed E-state index contributed by atoms with van der Waals surface area (Å²) in [4.78, 5) is 13.6. The number of rotatable bonds is 2. The number of hydrogen-bond donors (Lipinski definition) is 0. The van der Waals surface area contributed by atoms with Gasteiger partial charge in [-0.1, -0.05) is 6.92 Å². The Morgan fingerprint density at radius 3 is 2.93 bits per heavy atom. The summed E-state index contributed by atoms with van der Waals surface area (Å²) in [5, 5.41) is 0. The number of hydrogen-bond acceptors (Lipinski definition) is 3. The third kappa shape index (κ3) is 3.35. The second kappa shape index (κ2) is 5.71. The van der Waals surface area contributed by atoms with Crippen molar-refractivity contribution in [1.29, 1.82) is 0 Å². The Kier molecular flexibility index (Phi) is 4.87. The highest BCUT2D eigenvalue weighted by molar-refractivity contribution is 5.85. The van der Waals surface area contributed by atoms with Gasteiger partial charge in [0.2, 0.25) is 0 Å². The predicted molar refractivity (Wildman–Crippen MR) is 61.2 cm³/mol. The van der Waals surface area contributed by atoms with E-state index in [9.17, 15) is 4.79 Å². The van der Waals surface area contributed by atoms with E-state index in [1.54, 1.807) is 0 Å². The maximum atomic E-state index is 11.2. The number of nitrogens with zero attached hydrogens (tertiary/aromatic N) is 1. The van der Waals surface area contributed by atoms with E-state index >= 15 is 0 Å². The van der Waals surface area contributed by atoms with Crippen LogP contribution in [0.2, 0.25) is 0 Å². The van der Waals surface area contributed by atoms with Crippen molar-refractivity contribution >= 4 is 18.4 Å². The van der Waals surface area contributed by atoms with Gasteiger partial charge in [0, 0.05) is 19.5 Å². The molecule has 0 N–H and O–H groups in total. The number of carbonyl (C=O) groups excluding carboxylic acids is 1. The van der Waals surface area contributed by atoms with Crippen molar-refractivity contribution < 1.29 is 9.53 Å². The fraction of sp³-hybridized carbons (Fsp3) is 0.909. The summed E-state index contributed by atoms with van der Waals surface area (Å²) in [5.74, 6) is 0.725. The summed E-state index contributed by atoms with van der Waals surface area (Å²) in [6, 6.07) is 0. The highest BCUT2D eigenvalue weighted by atomic mass is 35.5. The summed E-state index contributed by atoms with van der Waals surface area (Å²) in [6.45, 7) is 5.23. The van der Waals surface area contributed by atoms with Crippen LogP contribution in [0.4, 0.5) is 0 Å². The molecule has 0 aromatic rings. The highest BCUT2D eigenvalue weighted by Gasteiger charge is 2.31. The van der Waals surface area contributed by atoms with Gasteiger partial charge in [0.05, 0.1) is 0 Å². The highest BCUT2D eigenvalue weighted by Crippen LogP contribution is 2.27. The van der Waals surface area contributed by atoms with Crippen LogP contribution in [0.1, 0.15) is 32.6 Å². The number of piperidine rings is 2. The van der Waals surface area contributed by atoms with Crippen LogP contribution in [0.5, 0.6) is 0 Å². The van der Waals surface area contributed by atoms with Crippen molar-refractivity contribution in [2.75, 3.05) is 19.6 Å². The van der Waals surface area contributed by atoms with Crippen molar-refractivity contribution in [3.8, 4) is 0 Å². The lowest BCUT2D eigenvalue weighted by Gasteiger charge is -2.41. The number of halogens is 1. The molecule has 2 aliphatic heterocycles. The molecule has 0 spiro atoms. The first kappa shape index (κ1) is 12.8. The van der Waals surface area contributed by atoms with Crippen LogP contribution >= 0.6 is 12.4 Å². The number of esters is 1. The molecule has 0 aliphatic carbocycles. The normalized spacial score (nSPS) is 34.1. The quantitative estimate of drug-likeness (QED) is 0.682. The minimum atomic E-state index is -0.0452. The summed E-state index contributed by atoms with van der Waals surface area (Å²) in [6.07, 6.45) is 4.39. The molecule has 0 amide bonds. The lowest BCUT2D eigenvalue weighted by molar-refractivity contribution is -0.153. The molecule has 2 bridgehead atoms. The lowest BCUT2D eigenvalue weighted by atomic mass is 9.88. The third-order valence-electron chi connectivity index (χ3n) is 3.25. The van der Waals surface area contributed by atoms with Gasteiger partial charge < -0.3 is 4.74 Å². The minimum Gasteiger partial charge on any atom is -0.461 e. The zero-order valence-electron chi connectivity index (χ0n) is 9.28. The Bertz CT molecular complexity index is 211. The first-order chi connectivity index (χ1) is 6.78. The van der Waals surface area contributed by atoms with Gasteiger partial charge in [-0.25, -0.2) is 0 Å². The van der Waals surface area contributed by atoms with Crippen molar-refractivity contribution in [3.05, 3.63) is 0 Å². The van der Waals surface area contributed by atoms with E-state index in [4.69, 9.17) is 4.74 Å². The maximum absolute atomic E-state index is 11.2. The van der Waals surface area contributed by atoms with Gasteiger partial charge in [-0.3, -0.25) is 9.69 Å². The van der Waals surface area contributed by atoms with E-state index in [-0.39, 0.29) is 24.5 Å². The van der Waals surface area contributed by atoms with Crippen molar-refractivity contribution in [1.82, 2.24) is 4.90 Å². The van der Waals surface area contributed by atoms with Gasteiger partial charge in [0.1, 0.15) is 6.10 Å². The van der Waals surface area contributed by atoms with Gasteiger partial charge in [-0.2, -0.15) is 0 Å². The summed E-state index contributed by atoms with van der Waals surface area (Å²) in [7, 11) is 0. The van der Waals surface area contributed by atoms with Gasteiger partial charge in [0.15, 0.2) is 0 Å². The molecular weight excluding hydrogens is 214 g/mol. The number of fused-ring (bicyclic) bond motifs is 2. The maximum Gasteiger partial charge on any atom is 0.305 e. The van der Waals surface area contributed by atoms with Crippen molar-refractivity contribution in [3.63, 3.8) is 0 Å². The Balaban J connectivity index is 0.00000112. The predicted octanol–water partition coefficient (Wildman–Crippen LogP) is 1.85. The Hall–Kier alpha value is -0.280. The molecule has 15 heavy (non-hydrogen) atoms. The van der Waals surface area contributed by atoms with E-state index in [2.05, 4.69) is 4.90 Å². The first-order valence-corrected chi connectivity index (χ1v) is 5.69. The van der Waals surface area contributed by atoms with Gasteiger partial charge in [-0.05, 0) is 31.7 Å². The van der Waals surface area contributed by atoms with Gasteiger partial charge in [-0.15, -0.1) is 12.4 Å². The van der Waals surface area contributed by atoms with Crippen molar-refractivity contribution in [2.24, 2.45) is 5.92 Å². The van der Waals surface area contributed by atoms with E-state index in [1.807, 2.05) is 6.92 Å². The molecule has 88 valence electrons. The van der Waals surface area contributed by atoms with Gasteiger partial charge in [0.25, 0.3) is 0 Å². The van der Waals surface area contributed by atoms with E-state index in [1.165, 1.54) is 25.9 Å². The third-order valence-corrected chi connectivity index (χ3v) is 3.25. The van der Waals surface area contributed by atoms with Crippen LogP contribution < -0.4 is 0 Å². The zero-order chi connectivity index (χ0) is 9.97. The summed E-state index contributed by atoms with van der Waals surface area (Å²) >= 11 is 0. The molecule has 2 heterocycles. The molecular formula is C11H20ClNO2. The second-order valence-corrected chi connectivity index (χ2v) is 4.47. The first-order valence-electron chi connectivity index (χ1n) is 5.69. The fourth-order valence-corrected chi connectivity index (χ4v) is 2.60. The average Bonchev–Trinajstić information content (AvgIpc) is 2.17. The molecule has 3 atom stereocenters. The lowest BCUT2D eigenvalue weighted by Crippen LogP contribution is -2.48. The van der Waals surface area contributed by atoms with E-state index in [0.717, 1.165) is 18.9 Å². The van der Waals surface area contributed by atoms with Crippen LogP contribution in [0.25, 0.3) is 0 Å². The average molecular weight is 234 g/mol. The molecule has 2 rings (SSSR count). The van der Waals surface area contributed by atoms with Crippen molar-refractivity contribution in [2.45, 2.75) is 38.7 Å². The fourth-order valence-electron chi connectivity index (χ4n) is 2.60. The molecule has 2 aliphatic rings. The molecule has 3 unspecified atom stereocenters. The van der Waals surface area contributed by atoms with Crippen LogP contribution in [0.3, 0.4) is 0 Å². The molecule has 3 nitrogen and oxygen atoms in total. The summed E-state index contributed by atoms with van der Waals surface area (Å²) < 4.78 is 5.40. The smallest absolute Gasteiger partial charge is 0.305 e. The topological polar surface area (TPSA) is 29.5 Å². The summed E-state index contributed by atoms with van der Waals surface area (Å²) in [5.41, 5.74) is 0. The monoisotopic (exact) mass is 233 g/mol. The Morgan fingerprint density at radius 1 is 1.47 bits per heavy atom. The van der Waals surface area contributed by atoms with Crippen LogP contribution in [-0.2, 0) is 9.53 Å². The Morgan fingerprint density at radius 2 is 2.27 bits per heavy atom. The number of ether oxygens (including phenoxy) is 1. The molecule has 0 aromatic carbocycles. The second-order valence-electron chi connectivity index (χ2n) is 4.47. The van der Waals surface area contributed by atoms with Crippen LogP contribution in [0, 0.1) is 5.92 Å². The molecule has 2 fully saturated rings. The van der Waals surface area contributed by atoms with E-state index < -0.39 is 0 Å². The molecule has 0 aromatic heterocycles. The Labute approximate surface area is 97.6 Å². The molecule has 0 radical (unpaired) electrons. The standard InChI is InChI=1S/C11H19NO2.ClH/c1-2-11(13)14-10-6-9-4-3-5-12(7-9)8-10;/h9-10H,2-8H2,1H3;1H. The molecule has 0 saturated carbocycles. The number of carbonyl (C=O) groups is 1. The minimum absolute atomic E-state index is 0.